The summed E-state index contributed by atoms with van der Waals surface area (Å²) in [4.78, 5) is 11.9. The number of benzene rings is 2. The molecule has 0 aliphatic carbocycles. The summed E-state index contributed by atoms with van der Waals surface area (Å²) < 4.78 is 39.8. The fraction of sp³-hybridized carbons (Fsp3) is 0. The largest absolute Gasteiger partial charge is 0.396 e. The molecule has 0 aliphatic rings. The number of hydrogen-bond acceptors (Lipinski definition) is 2. The van der Waals surface area contributed by atoms with E-state index in [0.29, 0.717) is 6.07 Å². The van der Waals surface area contributed by atoms with Crippen LogP contribution in [0.25, 0.3) is 0 Å². The van der Waals surface area contributed by atoms with E-state index >= 15 is 0 Å². The number of nitrogens with one attached hydrogen (secondary N) is 1. The van der Waals surface area contributed by atoms with Crippen molar-refractivity contribution in [1.82, 2.24) is 0 Å². The lowest BCUT2D eigenvalue weighted by atomic mass is 10.1. The van der Waals surface area contributed by atoms with Crippen molar-refractivity contribution < 1.29 is 18.0 Å². The van der Waals surface area contributed by atoms with Crippen LogP contribution in [0.15, 0.2) is 34.8 Å². The van der Waals surface area contributed by atoms with E-state index in [-0.39, 0.29) is 21.4 Å². The highest BCUT2D eigenvalue weighted by Crippen LogP contribution is 2.28. The molecule has 0 aliphatic heterocycles. The second-order valence-corrected chi connectivity index (χ2v) is 4.75. The molecule has 3 nitrogen and oxygen atoms in total. The molecule has 104 valence electrons. The molecule has 0 heterocycles. The zero-order valence-corrected chi connectivity index (χ0v) is 11.5. The molecule has 1 amide bonds. The first-order chi connectivity index (χ1) is 9.40. The van der Waals surface area contributed by atoms with E-state index in [1.54, 1.807) is 0 Å². The molecule has 2 aromatic rings. The maximum atomic E-state index is 13.6. The molecule has 0 bridgehead atoms. The summed E-state index contributed by atoms with van der Waals surface area (Å²) in [6.45, 7) is 0. The van der Waals surface area contributed by atoms with Crippen LogP contribution < -0.4 is 11.1 Å². The van der Waals surface area contributed by atoms with Crippen LogP contribution in [-0.2, 0) is 0 Å². The lowest BCUT2D eigenvalue weighted by Crippen LogP contribution is -2.16. The van der Waals surface area contributed by atoms with Gasteiger partial charge in [-0.2, -0.15) is 0 Å². The van der Waals surface area contributed by atoms with Gasteiger partial charge in [0.1, 0.15) is 11.6 Å². The SMILES string of the molecule is Nc1c(F)cccc1C(=O)Nc1c(F)cc(F)cc1Br. The monoisotopic (exact) mass is 344 g/mol. The van der Waals surface area contributed by atoms with Gasteiger partial charge in [0.25, 0.3) is 5.91 Å². The Bertz CT molecular complexity index is 668. The third-order valence-corrected chi connectivity index (χ3v) is 3.17. The molecule has 2 aromatic carbocycles. The minimum Gasteiger partial charge on any atom is -0.396 e. The van der Waals surface area contributed by atoms with Crippen LogP contribution in [0.4, 0.5) is 24.5 Å². The Balaban J connectivity index is 2.36. The van der Waals surface area contributed by atoms with E-state index in [4.69, 9.17) is 5.73 Å². The molecule has 2 rings (SSSR count). The number of hydrogen-bond donors (Lipinski definition) is 2. The van der Waals surface area contributed by atoms with Gasteiger partial charge in [-0.25, -0.2) is 13.2 Å². The molecule has 0 unspecified atom stereocenters. The molecular formula is C13H8BrF3N2O. The quantitative estimate of drug-likeness (QED) is 0.816. The van der Waals surface area contributed by atoms with Crippen LogP contribution in [-0.4, -0.2) is 5.91 Å². The van der Waals surface area contributed by atoms with Crippen LogP contribution in [0.3, 0.4) is 0 Å². The van der Waals surface area contributed by atoms with Gasteiger partial charge in [-0.3, -0.25) is 4.79 Å². The highest BCUT2D eigenvalue weighted by Gasteiger charge is 2.17. The molecular weight excluding hydrogens is 337 g/mol. The number of para-hydroxylation sites is 1. The van der Waals surface area contributed by atoms with Crippen molar-refractivity contribution in [2.75, 3.05) is 11.1 Å². The third-order valence-electron chi connectivity index (χ3n) is 2.54. The number of halogens is 4. The molecule has 7 heteroatoms. The van der Waals surface area contributed by atoms with Crippen LogP contribution in [0.5, 0.6) is 0 Å². The summed E-state index contributed by atoms with van der Waals surface area (Å²) >= 11 is 2.93. The number of carbonyl (C=O) groups is 1. The maximum Gasteiger partial charge on any atom is 0.257 e. The summed E-state index contributed by atoms with van der Waals surface area (Å²) in [7, 11) is 0. The van der Waals surface area contributed by atoms with E-state index < -0.39 is 23.4 Å². The molecule has 0 saturated carbocycles. The van der Waals surface area contributed by atoms with Crippen molar-refractivity contribution in [3.63, 3.8) is 0 Å². The van der Waals surface area contributed by atoms with Gasteiger partial charge in [-0.05, 0) is 34.1 Å². The summed E-state index contributed by atoms with van der Waals surface area (Å²) in [6, 6.07) is 5.31. The minimum absolute atomic E-state index is 0.0262. The van der Waals surface area contributed by atoms with Gasteiger partial charge in [0.2, 0.25) is 0 Å². The van der Waals surface area contributed by atoms with Gasteiger partial charge in [0, 0.05) is 10.5 Å². The predicted molar refractivity (Wildman–Crippen MR) is 72.8 cm³/mol. The first kappa shape index (κ1) is 14.4. The first-order valence-corrected chi connectivity index (χ1v) is 6.19. The number of carbonyl (C=O) groups excluding carboxylic acids is 1. The van der Waals surface area contributed by atoms with Gasteiger partial charge >= 0.3 is 0 Å². The van der Waals surface area contributed by atoms with Crippen molar-refractivity contribution in [2.45, 2.75) is 0 Å². The number of amides is 1. The van der Waals surface area contributed by atoms with Gasteiger partial charge in [-0.1, -0.05) is 6.07 Å². The average molecular weight is 345 g/mol. The zero-order valence-electron chi connectivity index (χ0n) is 9.88. The van der Waals surface area contributed by atoms with Gasteiger partial charge in [0.15, 0.2) is 5.82 Å². The van der Waals surface area contributed by atoms with Crippen LogP contribution in [0.1, 0.15) is 10.4 Å². The van der Waals surface area contributed by atoms with Gasteiger partial charge in [-0.15, -0.1) is 0 Å². The molecule has 0 fully saturated rings. The Labute approximate surface area is 120 Å². The van der Waals surface area contributed by atoms with Crippen LogP contribution in [0.2, 0.25) is 0 Å². The molecule has 0 radical (unpaired) electrons. The molecule has 0 aromatic heterocycles. The van der Waals surface area contributed by atoms with Crippen LogP contribution in [0, 0.1) is 17.5 Å². The van der Waals surface area contributed by atoms with Crippen molar-refractivity contribution in [1.29, 1.82) is 0 Å². The lowest BCUT2D eigenvalue weighted by Gasteiger charge is -2.10. The van der Waals surface area contributed by atoms with Crippen LogP contribution >= 0.6 is 15.9 Å². The van der Waals surface area contributed by atoms with E-state index in [2.05, 4.69) is 21.2 Å². The van der Waals surface area contributed by atoms with Crippen molar-refractivity contribution >= 4 is 33.2 Å². The summed E-state index contributed by atoms with van der Waals surface area (Å²) in [5, 5.41) is 2.22. The van der Waals surface area contributed by atoms with Crippen molar-refractivity contribution in [3.05, 3.63) is 57.8 Å². The fourth-order valence-electron chi connectivity index (χ4n) is 1.58. The second-order valence-electron chi connectivity index (χ2n) is 3.90. The minimum atomic E-state index is -0.958. The topological polar surface area (TPSA) is 55.1 Å². The summed E-state index contributed by atoms with van der Waals surface area (Å²) in [5.74, 6) is -3.30. The summed E-state index contributed by atoms with van der Waals surface area (Å²) in [5.41, 5.74) is 4.70. The summed E-state index contributed by atoms with van der Waals surface area (Å²) in [6.07, 6.45) is 0. The van der Waals surface area contributed by atoms with E-state index in [9.17, 15) is 18.0 Å². The Morgan fingerprint density at radius 2 is 1.85 bits per heavy atom. The number of anilines is 2. The predicted octanol–water partition coefficient (Wildman–Crippen LogP) is 3.70. The fourth-order valence-corrected chi connectivity index (χ4v) is 2.08. The molecule has 0 saturated heterocycles. The molecule has 0 atom stereocenters. The van der Waals surface area contributed by atoms with E-state index in [1.165, 1.54) is 12.1 Å². The lowest BCUT2D eigenvalue weighted by molar-refractivity contribution is 0.102. The molecule has 0 spiro atoms. The molecule has 20 heavy (non-hydrogen) atoms. The Hall–Kier alpha value is -2.02. The number of nitrogen functional groups attached to an aromatic ring is 1. The third kappa shape index (κ3) is 2.77. The van der Waals surface area contributed by atoms with E-state index in [0.717, 1.165) is 12.1 Å². The van der Waals surface area contributed by atoms with Crippen molar-refractivity contribution in [2.24, 2.45) is 0 Å². The first-order valence-electron chi connectivity index (χ1n) is 5.40. The van der Waals surface area contributed by atoms with Crippen molar-refractivity contribution in [3.8, 4) is 0 Å². The van der Waals surface area contributed by atoms with E-state index in [1.807, 2.05) is 0 Å². The molecule has 3 N–H and O–H groups in total. The Morgan fingerprint density at radius 3 is 2.50 bits per heavy atom. The highest BCUT2D eigenvalue weighted by molar-refractivity contribution is 9.10. The second kappa shape index (κ2) is 5.54. The Morgan fingerprint density at radius 1 is 1.15 bits per heavy atom. The van der Waals surface area contributed by atoms with Gasteiger partial charge in [0.05, 0.1) is 16.9 Å². The Kier molecular flexibility index (Phi) is 3.99. The normalized spacial score (nSPS) is 10.4. The standard InChI is InChI=1S/C13H8BrF3N2O/c14-8-4-6(15)5-10(17)12(8)19-13(20)7-2-1-3-9(16)11(7)18/h1-5H,18H2,(H,19,20). The zero-order chi connectivity index (χ0) is 14.9. The van der Waals surface area contributed by atoms with Gasteiger partial charge < -0.3 is 11.1 Å². The maximum absolute atomic E-state index is 13.6. The highest BCUT2D eigenvalue weighted by atomic mass is 79.9. The smallest absolute Gasteiger partial charge is 0.257 e. The number of nitrogens with two attached hydrogens (primary N) is 1. The average Bonchev–Trinajstić information content (AvgIpc) is 2.36. The number of rotatable bonds is 2.